The molecular weight excluding hydrogens is 288 g/mol. The summed E-state index contributed by atoms with van der Waals surface area (Å²) in [6.07, 6.45) is 0. The average Bonchev–Trinajstić information content (AvgIpc) is 2.35. The molecule has 0 fully saturated rings. The van der Waals surface area contributed by atoms with Gasteiger partial charge in [0.15, 0.2) is 0 Å². The fourth-order valence-electron chi connectivity index (χ4n) is 1.90. The molecule has 3 heteroatoms. The van der Waals surface area contributed by atoms with Gasteiger partial charge in [0.2, 0.25) is 0 Å². The molecule has 2 aromatic carbocycles. The molecule has 0 aliphatic rings. The Morgan fingerprint density at radius 2 is 1.89 bits per heavy atom. The van der Waals surface area contributed by atoms with Gasteiger partial charge in [-0.15, -0.1) is 0 Å². The lowest BCUT2D eigenvalue weighted by atomic mass is 10.1. The van der Waals surface area contributed by atoms with Crippen molar-refractivity contribution in [2.75, 3.05) is 11.1 Å². The van der Waals surface area contributed by atoms with E-state index >= 15 is 0 Å². The SMILES string of the molecule is Cc1c(N)cccc1NC(C)c1cccc(Br)c1. The lowest BCUT2D eigenvalue weighted by molar-refractivity contribution is 0.882. The van der Waals surface area contributed by atoms with Crippen molar-refractivity contribution in [3.63, 3.8) is 0 Å². The lowest BCUT2D eigenvalue weighted by Crippen LogP contribution is -2.08. The second kappa shape index (κ2) is 5.44. The van der Waals surface area contributed by atoms with Crippen LogP contribution in [0.5, 0.6) is 0 Å². The maximum absolute atomic E-state index is 5.91. The Morgan fingerprint density at radius 3 is 2.61 bits per heavy atom. The highest BCUT2D eigenvalue weighted by molar-refractivity contribution is 9.10. The quantitative estimate of drug-likeness (QED) is 0.819. The summed E-state index contributed by atoms with van der Waals surface area (Å²) in [6.45, 7) is 4.18. The Morgan fingerprint density at radius 1 is 1.17 bits per heavy atom. The van der Waals surface area contributed by atoms with Crippen molar-refractivity contribution in [3.8, 4) is 0 Å². The Kier molecular flexibility index (Phi) is 3.92. The molecule has 0 aromatic heterocycles. The van der Waals surface area contributed by atoms with Gasteiger partial charge in [-0.2, -0.15) is 0 Å². The number of hydrogen-bond acceptors (Lipinski definition) is 2. The van der Waals surface area contributed by atoms with E-state index in [9.17, 15) is 0 Å². The van der Waals surface area contributed by atoms with Gasteiger partial charge in [0.1, 0.15) is 0 Å². The van der Waals surface area contributed by atoms with Crippen LogP contribution < -0.4 is 11.1 Å². The first kappa shape index (κ1) is 13.0. The molecule has 0 bridgehead atoms. The Hall–Kier alpha value is -1.48. The number of nitrogens with two attached hydrogens (primary N) is 1. The van der Waals surface area contributed by atoms with Gasteiger partial charge >= 0.3 is 0 Å². The highest BCUT2D eigenvalue weighted by Crippen LogP contribution is 2.26. The third-order valence-corrected chi connectivity index (χ3v) is 3.59. The standard InChI is InChI=1S/C15H17BrN2/c1-10-14(17)7-4-8-15(10)18-11(2)12-5-3-6-13(16)9-12/h3-9,11,18H,17H2,1-2H3. The van der Waals surface area contributed by atoms with E-state index in [2.05, 4.69) is 46.4 Å². The molecule has 94 valence electrons. The number of hydrogen-bond donors (Lipinski definition) is 2. The van der Waals surface area contributed by atoms with Gasteiger partial charge in [0.25, 0.3) is 0 Å². The summed E-state index contributed by atoms with van der Waals surface area (Å²) in [7, 11) is 0. The Labute approximate surface area is 116 Å². The third-order valence-electron chi connectivity index (χ3n) is 3.10. The van der Waals surface area contributed by atoms with E-state index < -0.39 is 0 Å². The van der Waals surface area contributed by atoms with Crippen LogP contribution in [0.4, 0.5) is 11.4 Å². The van der Waals surface area contributed by atoms with Crippen molar-refractivity contribution < 1.29 is 0 Å². The average molecular weight is 305 g/mol. The summed E-state index contributed by atoms with van der Waals surface area (Å²) in [5.74, 6) is 0. The Bertz CT molecular complexity index is 552. The van der Waals surface area contributed by atoms with Gasteiger partial charge in [-0.25, -0.2) is 0 Å². The van der Waals surface area contributed by atoms with E-state index in [4.69, 9.17) is 5.73 Å². The predicted octanol–water partition coefficient (Wildman–Crippen LogP) is 4.51. The minimum atomic E-state index is 0.239. The summed E-state index contributed by atoms with van der Waals surface area (Å²) in [6, 6.07) is 14.5. The molecular formula is C15H17BrN2. The summed E-state index contributed by atoms with van der Waals surface area (Å²) >= 11 is 3.49. The van der Waals surface area contributed by atoms with Crippen molar-refractivity contribution in [1.29, 1.82) is 0 Å². The fourth-order valence-corrected chi connectivity index (χ4v) is 2.32. The van der Waals surface area contributed by atoms with Crippen LogP contribution in [-0.2, 0) is 0 Å². The van der Waals surface area contributed by atoms with Crippen LogP contribution >= 0.6 is 15.9 Å². The molecule has 0 aliphatic heterocycles. The molecule has 2 rings (SSSR count). The van der Waals surface area contributed by atoms with E-state index in [0.717, 1.165) is 21.4 Å². The van der Waals surface area contributed by atoms with Crippen LogP contribution in [0.2, 0.25) is 0 Å². The van der Waals surface area contributed by atoms with E-state index in [1.165, 1.54) is 5.56 Å². The molecule has 2 nitrogen and oxygen atoms in total. The number of halogens is 1. The summed E-state index contributed by atoms with van der Waals surface area (Å²) in [4.78, 5) is 0. The summed E-state index contributed by atoms with van der Waals surface area (Å²) < 4.78 is 1.10. The second-order valence-electron chi connectivity index (χ2n) is 4.44. The molecule has 0 radical (unpaired) electrons. The van der Waals surface area contributed by atoms with Crippen molar-refractivity contribution in [2.45, 2.75) is 19.9 Å². The van der Waals surface area contributed by atoms with Crippen LogP contribution in [0.15, 0.2) is 46.9 Å². The van der Waals surface area contributed by atoms with Crippen LogP contribution in [-0.4, -0.2) is 0 Å². The van der Waals surface area contributed by atoms with Gasteiger partial charge < -0.3 is 11.1 Å². The first-order valence-corrected chi connectivity index (χ1v) is 6.74. The van der Waals surface area contributed by atoms with Gasteiger partial charge in [-0.1, -0.05) is 34.1 Å². The van der Waals surface area contributed by atoms with Crippen molar-refractivity contribution in [3.05, 3.63) is 58.1 Å². The van der Waals surface area contributed by atoms with E-state index in [1.807, 2.05) is 31.2 Å². The van der Waals surface area contributed by atoms with Gasteiger partial charge in [0, 0.05) is 21.9 Å². The van der Waals surface area contributed by atoms with E-state index in [1.54, 1.807) is 0 Å². The van der Waals surface area contributed by atoms with Gasteiger partial charge in [-0.05, 0) is 49.2 Å². The molecule has 0 amide bonds. The zero-order chi connectivity index (χ0) is 13.1. The largest absolute Gasteiger partial charge is 0.398 e. The molecule has 0 aliphatic carbocycles. The van der Waals surface area contributed by atoms with Gasteiger partial charge in [0.05, 0.1) is 0 Å². The number of anilines is 2. The van der Waals surface area contributed by atoms with Crippen LogP contribution in [0.3, 0.4) is 0 Å². The third kappa shape index (κ3) is 2.85. The van der Waals surface area contributed by atoms with Crippen LogP contribution in [0.25, 0.3) is 0 Å². The fraction of sp³-hybridized carbons (Fsp3) is 0.200. The van der Waals surface area contributed by atoms with Crippen molar-refractivity contribution in [2.24, 2.45) is 0 Å². The maximum Gasteiger partial charge on any atom is 0.0486 e. The molecule has 0 heterocycles. The molecule has 1 atom stereocenters. The van der Waals surface area contributed by atoms with E-state index in [0.29, 0.717) is 0 Å². The first-order chi connectivity index (χ1) is 8.58. The zero-order valence-electron chi connectivity index (χ0n) is 10.6. The number of benzene rings is 2. The predicted molar refractivity (Wildman–Crippen MR) is 81.8 cm³/mol. The molecule has 2 aromatic rings. The van der Waals surface area contributed by atoms with E-state index in [-0.39, 0.29) is 6.04 Å². The van der Waals surface area contributed by atoms with Gasteiger partial charge in [-0.3, -0.25) is 0 Å². The number of nitrogen functional groups attached to an aromatic ring is 1. The zero-order valence-corrected chi connectivity index (χ0v) is 12.2. The van der Waals surface area contributed by atoms with Crippen molar-refractivity contribution in [1.82, 2.24) is 0 Å². The minimum absolute atomic E-state index is 0.239. The lowest BCUT2D eigenvalue weighted by Gasteiger charge is -2.18. The first-order valence-electron chi connectivity index (χ1n) is 5.95. The molecule has 3 N–H and O–H groups in total. The molecule has 18 heavy (non-hydrogen) atoms. The highest BCUT2D eigenvalue weighted by Gasteiger charge is 2.08. The normalized spacial score (nSPS) is 12.2. The minimum Gasteiger partial charge on any atom is -0.398 e. The van der Waals surface area contributed by atoms with Crippen LogP contribution in [0, 0.1) is 6.92 Å². The Balaban J connectivity index is 2.21. The smallest absolute Gasteiger partial charge is 0.0486 e. The highest BCUT2D eigenvalue weighted by atomic mass is 79.9. The molecule has 0 saturated carbocycles. The number of rotatable bonds is 3. The monoisotopic (exact) mass is 304 g/mol. The maximum atomic E-state index is 5.91. The van der Waals surface area contributed by atoms with Crippen LogP contribution in [0.1, 0.15) is 24.1 Å². The summed E-state index contributed by atoms with van der Waals surface area (Å²) in [5, 5.41) is 3.49. The second-order valence-corrected chi connectivity index (χ2v) is 5.36. The van der Waals surface area contributed by atoms with Crippen molar-refractivity contribution >= 4 is 27.3 Å². The molecule has 0 saturated heterocycles. The number of nitrogens with one attached hydrogen (secondary N) is 1. The molecule has 0 spiro atoms. The molecule has 1 unspecified atom stereocenters. The topological polar surface area (TPSA) is 38.0 Å². The summed E-state index contributed by atoms with van der Waals surface area (Å²) in [5.41, 5.74) is 10.2.